The van der Waals surface area contributed by atoms with Crippen molar-refractivity contribution >= 4 is 0 Å². The van der Waals surface area contributed by atoms with Gasteiger partial charge in [0.1, 0.15) is 11.8 Å². The number of nitriles is 1. The highest BCUT2D eigenvalue weighted by atomic mass is 16.5. The number of nitrogens with zero attached hydrogens (tertiary/aromatic N) is 3. The molecule has 1 aliphatic rings. The molecule has 4 heteroatoms. The van der Waals surface area contributed by atoms with Crippen LogP contribution < -0.4 is 4.74 Å². The Balaban J connectivity index is 2.03. The molecule has 1 aliphatic heterocycles. The van der Waals surface area contributed by atoms with Gasteiger partial charge in [-0.2, -0.15) is 5.26 Å². The number of hydrogen-bond acceptors (Lipinski definition) is 4. The van der Waals surface area contributed by atoms with Gasteiger partial charge in [-0.1, -0.05) is 19.1 Å². The summed E-state index contributed by atoms with van der Waals surface area (Å²) >= 11 is 0. The Hall–Kier alpha value is -1.57. The molecule has 1 fully saturated rings. The molecule has 1 unspecified atom stereocenters. The lowest BCUT2D eigenvalue weighted by molar-refractivity contribution is 0.118. The van der Waals surface area contributed by atoms with Crippen LogP contribution in [-0.4, -0.2) is 49.1 Å². The first-order valence-corrected chi connectivity index (χ1v) is 7.37. The summed E-state index contributed by atoms with van der Waals surface area (Å²) in [6.07, 6.45) is 0. The molecule has 0 spiro atoms. The molecule has 0 saturated carbocycles. The summed E-state index contributed by atoms with van der Waals surface area (Å²) in [5.41, 5.74) is 1.06. The molecule has 1 heterocycles. The molecule has 0 bridgehead atoms. The van der Waals surface area contributed by atoms with Gasteiger partial charge in [-0.25, -0.2) is 0 Å². The Morgan fingerprint density at radius 3 is 2.30 bits per heavy atom. The predicted octanol–water partition coefficient (Wildman–Crippen LogP) is 2.29. The lowest BCUT2D eigenvalue weighted by Crippen LogP contribution is -2.47. The maximum absolute atomic E-state index is 9.49. The fraction of sp³-hybridized carbons (Fsp3) is 0.562. The zero-order chi connectivity index (χ0) is 14.4. The molecule has 0 aromatic heterocycles. The summed E-state index contributed by atoms with van der Waals surface area (Å²) in [6.45, 7) is 9.92. The van der Waals surface area contributed by atoms with E-state index in [0.29, 0.717) is 6.61 Å². The Morgan fingerprint density at radius 1 is 1.15 bits per heavy atom. The van der Waals surface area contributed by atoms with Gasteiger partial charge < -0.3 is 9.64 Å². The van der Waals surface area contributed by atoms with Gasteiger partial charge in [0, 0.05) is 26.2 Å². The molecule has 20 heavy (non-hydrogen) atoms. The van der Waals surface area contributed by atoms with Crippen LogP contribution in [0.2, 0.25) is 0 Å². The third kappa shape index (κ3) is 3.50. The normalized spacial score (nSPS) is 18.4. The van der Waals surface area contributed by atoms with Crippen LogP contribution >= 0.6 is 0 Å². The molecule has 0 amide bonds. The van der Waals surface area contributed by atoms with Crippen molar-refractivity contribution in [3.63, 3.8) is 0 Å². The van der Waals surface area contributed by atoms with Gasteiger partial charge in [0.05, 0.1) is 12.7 Å². The fourth-order valence-corrected chi connectivity index (χ4v) is 2.62. The zero-order valence-electron chi connectivity index (χ0n) is 12.4. The monoisotopic (exact) mass is 273 g/mol. The molecule has 0 aliphatic carbocycles. The van der Waals surface area contributed by atoms with Gasteiger partial charge in [0.15, 0.2) is 0 Å². The number of rotatable bonds is 5. The van der Waals surface area contributed by atoms with Gasteiger partial charge in [-0.05, 0) is 31.2 Å². The first-order chi connectivity index (χ1) is 9.78. The molecule has 2 rings (SSSR count). The van der Waals surface area contributed by atoms with E-state index in [2.05, 4.69) is 22.8 Å². The number of ether oxygens (including phenoxy) is 1. The smallest absolute Gasteiger partial charge is 0.123 e. The molecule has 1 saturated heterocycles. The van der Waals surface area contributed by atoms with E-state index >= 15 is 0 Å². The average molecular weight is 273 g/mol. The Morgan fingerprint density at radius 2 is 1.80 bits per heavy atom. The number of hydrogen-bond donors (Lipinski definition) is 0. The van der Waals surface area contributed by atoms with Crippen molar-refractivity contribution in [2.45, 2.75) is 19.9 Å². The first kappa shape index (κ1) is 14.8. The van der Waals surface area contributed by atoms with E-state index in [1.54, 1.807) is 0 Å². The van der Waals surface area contributed by atoms with E-state index in [9.17, 15) is 5.26 Å². The van der Waals surface area contributed by atoms with Gasteiger partial charge in [0.25, 0.3) is 0 Å². The second kappa shape index (κ2) is 7.28. The second-order valence-electron chi connectivity index (χ2n) is 5.00. The third-order valence-corrected chi connectivity index (χ3v) is 3.85. The van der Waals surface area contributed by atoms with E-state index in [1.807, 2.05) is 31.2 Å². The summed E-state index contributed by atoms with van der Waals surface area (Å²) < 4.78 is 5.45. The van der Waals surface area contributed by atoms with Gasteiger partial charge in [0.2, 0.25) is 0 Å². The van der Waals surface area contributed by atoms with Crippen molar-refractivity contribution in [3.05, 3.63) is 29.8 Å². The van der Waals surface area contributed by atoms with Crippen LogP contribution in [0.15, 0.2) is 24.3 Å². The van der Waals surface area contributed by atoms with Gasteiger partial charge in [-0.3, -0.25) is 4.90 Å². The molecule has 4 nitrogen and oxygen atoms in total. The SMILES string of the molecule is CCOc1ccc(C(C#N)N2CCN(CC)CC2)cc1. The molecule has 1 aromatic rings. The number of likely N-dealkylation sites (N-methyl/N-ethyl adjacent to an activating group) is 1. The van der Waals surface area contributed by atoms with Crippen molar-refractivity contribution < 1.29 is 4.74 Å². The number of benzene rings is 1. The second-order valence-corrected chi connectivity index (χ2v) is 5.00. The topological polar surface area (TPSA) is 39.5 Å². The maximum Gasteiger partial charge on any atom is 0.123 e. The van der Waals surface area contributed by atoms with Crippen molar-refractivity contribution in [1.29, 1.82) is 5.26 Å². The molecule has 0 N–H and O–H groups in total. The molecule has 1 atom stereocenters. The largest absolute Gasteiger partial charge is 0.494 e. The summed E-state index contributed by atoms with van der Waals surface area (Å²) in [6, 6.07) is 10.2. The van der Waals surface area contributed by atoms with Crippen LogP contribution in [0.1, 0.15) is 25.5 Å². The van der Waals surface area contributed by atoms with Crippen LogP contribution in [0.4, 0.5) is 0 Å². The minimum atomic E-state index is -0.148. The van der Waals surface area contributed by atoms with E-state index in [4.69, 9.17) is 4.74 Å². The molecular weight excluding hydrogens is 250 g/mol. The average Bonchev–Trinajstić information content (AvgIpc) is 2.51. The summed E-state index contributed by atoms with van der Waals surface area (Å²) in [5.74, 6) is 0.865. The third-order valence-electron chi connectivity index (χ3n) is 3.85. The van der Waals surface area contributed by atoms with E-state index in [1.165, 1.54) is 0 Å². The van der Waals surface area contributed by atoms with Crippen molar-refractivity contribution in [1.82, 2.24) is 9.80 Å². The van der Waals surface area contributed by atoms with Crippen LogP contribution in [0.5, 0.6) is 5.75 Å². The molecule has 1 aromatic carbocycles. The van der Waals surface area contributed by atoms with E-state index in [-0.39, 0.29) is 6.04 Å². The summed E-state index contributed by atoms with van der Waals surface area (Å²) in [5, 5.41) is 9.49. The minimum absolute atomic E-state index is 0.148. The number of piperazine rings is 1. The van der Waals surface area contributed by atoms with E-state index in [0.717, 1.165) is 44.0 Å². The van der Waals surface area contributed by atoms with Crippen LogP contribution in [0, 0.1) is 11.3 Å². The Labute approximate surface area is 121 Å². The lowest BCUT2D eigenvalue weighted by Gasteiger charge is -2.36. The van der Waals surface area contributed by atoms with Crippen LogP contribution in [-0.2, 0) is 0 Å². The first-order valence-electron chi connectivity index (χ1n) is 7.37. The maximum atomic E-state index is 9.49. The standard InChI is InChI=1S/C16H23N3O/c1-3-18-9-11-19(12-10-18)16(13-17)14-5-7-15(8-6-14)20-4-2/h5-8,16H,3-4,9-12H2,1-2H3. The highest BCUT2D eigenvalue weighted by Gasteiger charge is 2.24. The van der Waals surface area contributed by atoms with Gasteiger partial charge in [-0.15, -0.1) is 0 Å². The quantitative estimate of drug-likeness (QED) is 0.825. The summed E-state index contributed by atoms with van der Waals surface area (Å²) in [4.78, 5) is 4.69. The van der Waals surface area contributed by atoms with Crippen molar-refractivity contribution in [2.24, 2.45) is 0 Å². The lowest BCUT2D eigenvalue weighted by atomic mass is 10.1. The Bertz CT molecular complexity index is 444. The predicted molar refractivity (Wildman–Crippen MR) is 79.7 cm³/mol. The van der Waals surface area contributed by atoms with Gasteiger partial charge >= 0.3 is 0 Å². The molecular formula is C16H23N3O. The van der Waals surface area contributed by atoms with Crippen molar-refractivity contribution in [2.75, 3.05) is 39.3 Å². The fourth-order valence-electron chi connectivity index (χ4n) is 2.62. The molecule has 108 valence electrons. The molecule has 0 radical (unpaired) electrons. The Kier molecular flexibility index (Phi) is 5.40. The highest BCUT2D eigenvalue weighted by molar-refractivity contribution is 5.31. The van der Waals surface area contributed by atoms with E-state index < -0.39 is 0 Å². The van der Waals surface area contributed by atoms with Crippen LogP contribution in [0.25, 0.3) is 0 Å². The zero-order valence-corrected chi connectivity index (χ0v) is 12.4. The van der Waals surface area contributed by atoms with Crippen molar-refractivity contribution in [3.8, 4) is 11.8 Å². The summed E-state index contributed by atoms with van der Waals surface area (Å²) in [7, 11) is 0. The highest BCUT2D eigenvalue weighted by Crippen LogP contribution is 2.23. The van der Waals surface area contributed by atoms with Crippen LogP contribution in [0.3, 0.4) is 0 Å². The minimum Gasteiger partial charge on any atom is -0.494 e.